The van der Waals surface area contributed by atoms with Crippen molar-refractivity contribution >= 4 is 5.91 Å². The van der Waals surface area contributed by atoms with Crippen molar-refractivity contribution in [3.05, 3.63) is 0 Å². The highest BCUT2D eigenvalue weighted by Gasteiger charge is 2.11. The molecule has 0 aromatic carbocycles. The summed E-state index contributed by atoms with van der Waals surface area (Å²) >= 11 is 0. The maximum Gasteiger partial charge on any atom is 0.249 e. The number of primary amides is 1. The lowest BCUT2D eigenvalue weighted by Crippen LogP contribution is -2.40. The van der Waals surface area contributed by atoms with Gasteiger partial charge in [0.25, 0.3) is 0 Å². The van der Waals surface area contributed by atoms with Gasteiger partial charge in [-0.15, -0.1) is 0 Å². The van der Waals surface area contributed by atoms with Crippen molar-refractivity contribution in [1.82, 2.24) is 5.32 Å². The minimum absolute atomic E-state index is 0.603. The third-order valence-electron chi connectivity index (χ3n) is 1.54. The standard InChI is InChI=1S/C8H15N3O/c1-2-3-4-5-11-7(6-9)8(10)12/h7,11H,2-5H2,1H3,(H2,10,12). The van der Waals surface area contributed by atoms with Crippen LogP contribution in [0.1, 0.15) is 26.2 Å². The van der Waals surface area contributed by atoms with Crippen LogP contribution in [0.5, 0.6) is 0 Å². The molecule has 0 aromatic rings. The van der Waals surface area contributed by atoms with Gasteiger partial charge in [-0.2, -0.15) is 5.26 Å². The summed E-state index contributed by atoms with van der Waals surface area (Å²) < 4.78 is 0. The summed E-state index contributed by atoms with van der Waals surface area (Å²) in [5.74, 6) is -0.603. The van der Waals surface area contributed by atoms with Crippen molar-refractivity contribution in [3.63, 3.8) is 0 Å². The van der Waals surface area contributed by atoms with E-state index in [1.165, 1.54) is 0 Å². The lowest BCUT2D eigenvalue weighted by molar-refractivity contribution is -0.118. The van der Waals surface area contributed by atoms with E-state index in [-0.39, 0.29) is 0 Å². The summed E-state index contributed by atoms with van der Waals surface area (Å²) in [7, 11) is 0. The molecule has 4 heteroatoms. The van der Waals surface area contributed by atoms with E-state index in [1.54, 1.807) is 6.07 Å². The first-order valence-corrected chi connectivity index (χ1v) is 4.14. The number of nitrogens with two attached hydrogens (primary N) is 1. The lowest BCUT2D eigenvalue weighted by atomic mass is 10.2. The van der Waals surface area contributed by atoms with Gasteiger partial charge < -0.3 is 5.73 Å². The fraction of sp³-hybridized carbons (Fsp3) is 0.750. The van der Waals surface area contributed by atoms with E-state index in [1.807, 2.05) is 0 Å². The Bertz CT molecular complexity index is 174. The number of nitriles is 1. The molecule has 0 radical (unpaired) electrons. The molecule has 68 valence electrons. The van der Waals surface area contributed by atoms with Crippen LogP contribution in [0.2, 0.25) is 0 Å². The van der Waals surface area contributed by atoms with E-state index in [0.29, 0.717) is 6.54 Å². The predicted molar refractivity (Wildman–Crippen MR) is 46.1 cm³/mol. The third kappa shape index (κ3) is 4.69. The van der Waals surface area contributed by atoms with E-state index in [4.69, 9.17) is 11.0 Å². The average molecular weight is 169 g/mol. The SMILES string of the molecule is CCCCCNC(C#N)C(N)=O. The third-order valence-corrected chi connectivity index (χ3v) is 1.54. The van der Waals surface area contributed by atoms with E-state index < -0.39 is 11.9 Å². The molecule has 3 N–H and O–H groups in total. The molecule has 0 heterocycles. The average Bonchev–Trinajstić information content (AvgIpc) is 2.04. The van der Waals surface area contributed by atoms with Crippen LogP contribution in [-0.4, -0.2) is 18.5 Å². The maximum absolute atomic E-state index is 10.5. The van der Waals surface area contributed by atoms with E-state index >= 15 is 0 Å². The monoisotopic (exact) mass is 169 g/mol. The van der Waals surface area contributed by atoms with E-state index in [2.05, 4.69) is 12.2 Å². The summed E-state index contributed by atoms with van der Waals surface area (Å²) in [5.41, 5.74) is 4.94. The molecule has 1 unspecified atom stereocenters. The van der Waals surface area contributed by atoms with Crippen molar-refractivity contribution in [2.45, 2.75) is 32.2 Å². The Hall–Kier alpha value is -1.08. The Balaban J connectivity index is 3.47. The molecule has 0 rings (SSSR count). The number of hydrogen-bond donors (Lipinski definition) is 2. The van der Waals surface area contributed by atoms with Crippen LogP contribution in [0, 0.1) is 11.3 Å². The van der Waals surface area contributed by atoms with Crippen molar-refractivity contribution in [2.75, 3.05) is 6.54 Å². The van der Waals surface area contributed by atoms with Gasteiger partial charge in [-0.25, -0.2) is 0 Å². The number of hydrogen-bond acceptors (Lipinski definition) is 3. The number of unbranched alkanes of at least 4 members (excludes halogenated alkanes) is 2. The van der Waals surface area contributed by atoms with Crippen LogP contribution in [0.15, 0.2) is 0 Å². The van der Waals surface area contributed by atoms with Gasteiger partial charge in [-0.1, -0.05) is 19.8 Å². The Morgan fingerprint density at radius 3 is 2.75 bits per heavy atom. The molecular formula is C8H15N3O. The Kier molecular flexibility index (Phi) is 6.02. The van der Waals surface area contributed by atoms with Gasteiger partial charge >= 0.3 is 0 Å². The molecule has 0 saturated carbocycles. The van der Waals surface area contributed by atoms with Gasteiger partial charge in [-0.05, 0) is 13.0 Å². The maximum atomic E-state index is 10.5. The van der Waals surface area contributed by atoms with Crippen LogP contribution >= 0.6 is 0 Å². The summed E-state index contributed by atoms with van der Waals surface area (Å²) in [5, 5.41) is 11.2. The van der Waals surface area contributed by atoms with Crippen LogP contribution in [0.3, 0.4) is 0 Å². The van der Waals surface area contributed by atoms with Crippen LogP contribution in [-0.2, 0) is 4.79 Å². The zero-order valence-electron chi connectivity index (χ0n) is 7.34. The van der Waals surface area contributed by atoms with Crippen molar-refractivity contribution in [3.8, 4) is 6.07 Å². The molecule has 0 saturated heterocycles. The van der Waals surface area contributed by atoms with Gasteiger partial charge in [0.15, 0.2) is 6.04 Å². The predicted octanol–water partition coefficient (Wildman–Crippen LogP) is 0.144. The van der Waals surface area contributed by atoms with Gasteiger partial charge in [0, 0.05) is 0 Å². The van der Waals surface area contributed by atoms with Gasteiger partial charge in [0.1, 0.15) is 0 Å². The fourth-order valence-electron chi connectivity index (χ4n) is 0.831. The van der Waals surface area contributed by atoms with Crippen molar-refractivity contribution in [1.29, 1.82) is 5.26 Å². The molecule has 0 fully saturated rings. The Morgan fingerprint density at radius 2 is 2.33 bits per heavy atom. The van der Waals surface area contributed by atoms with Gasteiger partial charge in [0.05, 0.1) is 6.07 Å². The highest BCUT2D eigenvalue weighted by Crippen LogP contribution is 1.91. The first-order valence-electron chi connectivity index (χ1n) is 4.14. The first kappa shape index (κ1) is 10.9. The number of amides is 1. The van der Waals surface area contributed by atoms with E-state index in [0.717, 1.165) is 19.3 Å². The van der Waals surface area contributed by atoms with Crippen LogP contribution in [0.4, 0.5) is 0 Å². The zero-order valence-corrected chi connectivity index (χ0v) is 7.34. The fourth-order valence-corrected chi connectivity index (χ4v) is 0.831. The second kappa shape index (κ2) is 6.62. The molecule has 12 heavy (non-hydrogen) atoms. The molecule has 1 amide bonds. The summed E-state index contributed by atoms with van der Waals surface area (Å²) in [4.78, 5) is 10.5. The molecule has 0 spiro atoms. The van der Waals surface area contributed by atoms with Crippen molar-refractivity contribution < 1.29 is 4.79 Å². The van der Waals surface area contributed by atoms with Crippen molar-refractivity contribution in [2.24, 2.45) is 5.73 Å². The van der Waals surface area contributed by atoms with Crippen LogP contribution < -0.4 is 11.1 Å². The summed E-state index contributed by atoms with van der Waals surface area (Å²) in [6, 6.07) is 0.961. The molecular weight excluding hydrogens is 154 g/mol. The molecule has 4 nitrogen and oxygen atoms in total. The largest absolute Gasteiger partial charge is 0.367 e. The number of nitrogens with one attached hydrogen (secondary N) is 1. The lowest BCUT2D eigenvalue weighted by Gasteiger charge is -2.06. The highest BCUT2D eigenvalue weighted by molar-refractivity contribution is 5.82. The minimum Gasteiger partial charge on any atom is -0.367 e. The smallest absolute Gasteiger partial charge is 0.249 e. The summed E-state index contributed by atoms with van der Waals surface area (Å²) in [6.45, 7) is 2.77. The second-order valence-electron chi connectivity index (χ2n) is 2.63. The number of carbonyl (C=O) groups excluding carboxylic acids is 1. The molecule has 1 atom stereocenters. The Labute approximate surface area is 72.7 Å². The Morgan fingerprint density at radius 1 is 1.67 bits per heavy atom. The van der Waals surface area contributed by atoms with E-state index in [9.17, 15) is 4.79 Å². The van der Waals surface area contributed by atoms with Gasteiger partial charge in [-0.3, -0.25) is 10.1 Å². The highest BCUT2D eigenvalue weighted by atomic mass is 16.1. The molecule has 0 aliphatic rings. The molecule has 0 aliphatic heterocycles. The number of nitrogens with zero attached hydrogens (tertiary/aromatic N) is 1. The molecule has 0 bridgehead atoms. The first-order chi connectivity index (χ1) is 5.72. The normalized spacial score (nSPS) is 12.0. The zero-order chi connectivity index (χ0) is 9.40. The second-order valence-corrected chi connectivity index (χ2v) is 2.63. The number of carbonyl (C=O) groups is 1. The topological polar surface area (TPSA) is 78.9 Å². The quantitative estimate of drug-likeness (QED) is 0.555. The van der Waals surface area contributed by atoms with Gasteiger partial charge in [0.2, 0.25) is 5.91 Å². The minimum atomic E-state index is -0.832. The van der Waals surface area contributed by atoms with Crippen LogP contribution in [0.25, 0.3) is 0 Å². The summed E-state index contributed by atoms with van der Waals surface area (Å²) in [6.07, 6.45) is 3.20. The molecule has 0 aliphatic carbocycles. The molecule has 0 aromatic heterocycles. The number of rotatable bonds is 6.